The Morgan fingerprint density at radius 1 is 0.789 bits per heavy atom. The molecule has 2 rings (SSSR count). The maximum Gasteiger partial charge on any atom is 0.343 e. The van der Waals surface area contributed by atoms with E-state index in [1.165, 1.54) is 83.5 Å². The Labute approximate surface area is 234 Å². The van der Waals surface area contributed by atoms with Crippen LogP contribution in [-0.2, 0) is 4.79 Å². The molecule has 6 heteroatoms. The number of hydrogen-bond acceptors (Lipinski definition) is 4. The van der Waals surface area contributed by atoms with E-state index in [4.69, 9.17) is 16.3 Å². The van der Waals surface area contributed by atoms with Gasteiger partial charge in [0.1, 0.15) is 5.75 Å². The van der Waals surface area contributed by atoms with Gasteiger partial charge in [-0.25, -0.2) is 10.2 Å². The predicted octanol–water partition coefficient (Wildman–Crippen LogP) is 9.27. The summed E-state index contributed by atoms with van der Waals surface area (Å²) in [5, 5.41) is 4.51. The maximum atomic E-state index is 12.2. The van der Waals surface area contributed by atoms with Crippen LogP contribution in [0.1, 0.15) is 126 Å². The summed E-state index contributed by atoms with van der Waals surface area (Å²) < 4.78 is 5.36. The molecule has 0 fully saturated rings. The second kappa shape index (κ2) is 20.3. The Kier molecular flexibility index (Phi) is 16.9. The standard InChI is InChI=1S/C32H45ClN2O3/c1-2-3-4-5-6-7-8-9-10-11-12-13-14-15-16-20-31(36)35-34-26-27-21-23-30(24-22-27)38-32(37)28-18-17-19-29(33)25-28/h17-19,21-26H,2-16,20H2,1H3,(H,35,36)/b34-26-. The van der Waals surface area contributed by atoms with Gasteiger partial charge in [0.2, 0.25) is 5.91 Å². The lowest BCUT2D eigenvalue weighted by Gasteiger charge is -2.05. The van der Waals surface area contributed by atoms with Crippen molar-refractivity contribution in [3.8, 4) is 5.75 Å². The SMILES string of the molecule is CCCCCCCCCCCCCCCCCC(=O)N/N=C\c1ccc(OC(=O)c2cccc(Cl)c2)cc1. The quantitative estimate of drug-likeness (QED) is 0.0598. The number of amides is 1. The molecule has 2 aromatic rings. The van der Waals surface area contributed by atoms with Crippen LogP contribution in [0.4, 0.5) is 0 Å². The number of hydrazone groups is 1. The van der Waals surface area contributed by atoms with Crippen LogP contribution in [0.5, 0.6) is 5.75 Å². The second-order valence-electron chi connectivity index (χ2n) is 9.96. The van der Waals surface area contributed by atoms with Crippen LogP contribution in [-0.4, -0.2) is 18.1 Å². The molecule has 38 heavy (non-hydrogen) atoms. The number of hydrogen-bond donors (Lipinski definition) is 1. The van der Waals surface area contributed by atoms with Crippen LogP contribution in [0.2, 0.25) is 5.02 Å². The third kappa shape index (κ3) is 14.9. The molecule has 0 spiro atoms. The molecule has 0 atom stereocenters. The van der Waals surface area contributed by atoms with Gasteiger partial charge in [-0.15, -0.1) is 0 Å². The highest BCUT2D eigenvalue weighted by Crippen LogP contribution is 2.16. The topological polar surface area (TPSA) is 67.8 Å². The van der Waals surface area contributed by atoms with Gasteiger partial charge in [-0.05, 0) is 54.4 Å². The zero-order chi connectivity index (χ0) is 27.3. The molecular formula is C32H45ClN2O3. The molecule has 0 saturated carbocycles. The Bertz CT molecular complexity index is 959. The molecule has 5 nitrogen and oxygen atoms in total. The van der Waals surface area contributed by atoms with E-state index in [1.54, 1.807) is 54.7 Å². The minimum Gasteiger partial charge on any atom is -0.423 e. The molecule has 0 aromatic heterocycles. The lowest BCUT2D eigenvalue weighted by molar-refractivity contribution is -0.121. The van der Waals surface area contributed by atoms with Crippen molar-refractivity contribution in [3.63, 3.8) is 0 Å². The first kappa shape index (κ1) is 31.6. The molecule has 0 bridgehead atoms. The van der Waals surface area contributed by atoms with E-state index in [0.29, 0.717) is 22.8 Å². The first-order valence-corrected chi connectivity index (χ1v) is 14.9. The molecule has 0 heterocycles. The minimum absolute atomic E-state index is 0.0667. The molecule has 1 N–H and O–H groups in total. The molecular weight excluding hydrogens is 496 g/mol. The van der Waals surface area contributed by atoms with E-state index < -0.39 is 5.97 Å². The van der Waals surface area contributed by atoms with Crippen LogP contribution in [0, 0.1) is 0 Å². The van der Waals surface area contributed by atoms with Crippen LogP contribution in [0.3, 0.4) is 0 Å². The van der Waals surface area contributed by atoms with E-state index in [-0.39, 0.29) is 5.91 Å². The molecule has 0 unspecified atom stereocenters. The van der Waals surface area contributed by atoms with Gasteiger partial charge in [-0.2, -0.15) is 5.10 Å². The third-order valence-corrected chi connectivity index (χ3v) is 6.80. The van der Waals surface area contributed by atoms with E-state index in [1.807, 2.05) is 0 Å². The number of unbranched alkanes of at least 4 members (excludes halogenated alkanes) is 14. The van der Waals surface area contributed by atoms with Gasteiger partial charge in [0, 0.05) is 11.4 Å². The summed E-state index contributed by atoms with van der Waals surface area (Å²) in [6.45, 7) is 2.27. The zero-order valence-corrected chi connectivity index (χ0v) is 23.8. The summed E-state index contributed by atoms with van der Waals surface area (Å²) in [6.07, 6.45) is 21.7. The van der Waals surface area contributed by atoms with Crippen molar-refractivity contribution in [2.24, 2.45) is 5.10 Å². The summed E-state index contributed by atoms with van der Waals surface area (Å²) in [6, 6.07) is 13.5. The summed E-state index contributed by atoms with van der Waals surface area (Å²) in [5.41, 5.74) is 3.77. The van der Waals surface area contributed by atoms with Crippen LogP contribution >= 0.6 is 11.6 Å². The minimum atomic E-state index is -0.472. The highest BCUT2D eigenvalue weighted by Gasteiger charge is 2.09. The summed E-state index contributed by atoms with van der Waals surface area (Å²) >= 11 is 5.92. The fourth-order valence-corrected chi connectivity index (χ4v) is 4.49. The Morgan fingerprint density at radius 3 is 1.89 bits per heavy atom. The lowest BCUT2D eigenvalue weighted by Crippen LogP contribution is -2.16. The number of carbonyl (C=O) groups excluding carboxylic acids is 2. The zero-order valence-electron chi connectivity index (χ0n) is 23.1. The molecule has 0 aliphatic heterocycles. The van der Waals surface area contributed by atoms with Crippen LogP contribution < -0.4 is 10.2 Å². The van der Waals surface area contributed by atoms with Gasteiger partial charge in [-0.3, -0.25) is 4.79 Å². The van der Waals surface area contributed by atoms with Gasteiger partial charge in [0.25, 0.3) is 0 Å². The summed E-state index contributed by atoms with van der Waals surface area (Å²) in [7, 11) is 0. The normalized spacial score (nSPS) is 11.1. The second-order valence-corrected chi connectivity index (χ2v) is 10.4. The van der Waals surface area contributed by atoms with Gasteiger partial charge in [-0.1, -0.05) is 114 Å². The van der Waals surface area contributed by atoms with Crippen LogP contribution in [0.15, 0.2) is 53.6 Å². The van der Waals surface area contributed by atoms with Crippen molar-refractivity contribution in [1.29, 1.82) is 0 Å². The Balaban J connectivity index is 1.46. The van der Waals surface area contributed by atoms with Gasteiger partial charge < -0.3 is 4.74 Å². The number of ether oxygens (including phenoxy) is 1. The highest BCUT2D eigenvalue weighted by atomic mass is 35.5. The molecule has 0 radical (unpaired) electrons. The average molecular weight is 541 g/mol. The Morgan fingerprint density at radius 2 is 1.34 bits per heavy atom. The van der Waals surface area contributed by atoms with Crippen molar-refractivity contribution in [3.05, 3.63) is 64.7 Å². The third-order valence-electron chi connectivity index (χ3n) is 6.56. The van der Waals surface area contributed by atoms with Crippen molar-refractivity contribution in [2.75, 3.05) is 0 Å². The largest absolute Gasteiger partial charge is 0.423 e. The first-order valence-electron chi connectivity index (χ1n) is 14.5. The lowest BCUT2D eigenvalue weighted by atomic mass is 10.0. The summed E-state index contributed by atoms with van der Waals surface area (Å²) in [4.78, 5) is 24.2. The average Bonchev–Trinajstić information content (AvgIpc) is 2.92. The number of esters is 1. The molecule has 0 aliphatic rings. The molecule has 0 aliphatic carbocycles. The number of halogens is 1. The van der Waals surface area contributed by atoms with Crippen molar-refractivity contribution in [2.45, 2.75) is 110 Å². The van der Waals surface area contributed by atoms with Crippen LogP contribution in [0.25, 0.3) is 0 Å². The van der Waals surface area contributed by atoms with Gasteiger partial charge in [0.05, 0.1) is 11.8 Å². The number of nitrogens with zero attached hydrogens (tertiary/aromatic N) is 1. The summed E-state index contributed by atoms with van der Waals surface area (Å²) in [5.74, 6) is -0.118. The number of nitrogens with one attached hydrogen (secondary N) is 1. The molecule has 208 valence electrons. The van der Waals surface area contributed by atoms with E-state index in [2.05, 4.69) is 17.5 Å². The maximum absolute atomic E-state index is 12.2. The predicted molar refractivity (Wildman–Crippen MR) is 158 cm³/mol. The fraction of sp³-hybridized carbons (Fsp3) is 0.531. The molecule has 0 saturated heterocycles. The molecule has 2 aromatic carbocycles. The van der Waals surface area contributed by atoms with Crippen molar-refractivity contribution >= 4 is 29.7 Å². The molecule has 1 amide bonds. The number of rotatable bonds is 20. The smallest absolute Gasteiger partial charge is 0.343 e. The number of benzene rings is 2. The van der Waals surface area contributed by atoms with Gasteiger partial charge in [0.15, 0.2) is 0 Å². The van der Waals surface area contributed by atoms with Gasteiger partial charge >= 0.3 is 5.97 Å². The monoisotopic (exact) mass is 540 g/mol. The first-order chi connectivity index (χ1) is 18.6. The fourth-order valence-electron chi connectivity index (χ4n) is 4.29. The Hall–Kier alpha value is -2.66. The van der Waals surface area contributed by atoms with Crippen molar-refractivity contribution in [1.82, 2.24) is 5.43 Å². The number of carbonyl (C=O) groups is 2. The van der Waals surface area contributed by atoms with E-state index >= 15 is 0 Å². The van der Waals surface area contributed by atoms with Crippen molar-refractivity contribution < 1.29 is 14.3 Å². The highest BCUT2D eigenvalue weighted by molar-refractivity contribution is 6.30. The van der Waals surface area contributed by atoms with E-state index in [0.717, 1.165) is 18.4 Å². The van der Waals surface area contributed by atoms with E-state index in [9.17, 15) is 9.59 Å².